The first-order chi connectivity index (χ1) is 16.7. The molecule has 1 unspecified atom stereocenters. The first-order valence-corrected chi connectivity index (χ1v) is 12.0. The highest BCUT2D eigenvalue weighted by Gasteiger charge is 2.45. The van der Waals surface area contributed by atoms with Crippen LogP contribution in [0.4, 0.5) is 13.2 Å². The van der Waals surface area contributed by atoms with E-state index in [1.165, 1.54) is 6.08 Å². The van der Waals surface area contributed by atoms with Gasteiger partial charge >= 0.3 is 18.1 Å². The highest BCUT2D eigenvalue weighted by Crippen LogP contribution is 2.33. The van der Waals surface area contributed by atoms with Gasteiger partial charge in [0.2, 0.25) is 5.78 Å². The number of aliphatic carboxylic acids is 2. The summed E-state index contributed by atoms with van der Waals surface area (Å²) in [7, 11) is -3.72. The van der Waals surface area contributed by atoms with Crippen molar-refractivity contribution in [3.05, 3.63) is 23.5 Å². The van der Waals surface area contributed by atoms with Crippen molar-refractivity contribution in [2.45, 2.75) is 12.6 Å². The first kappa shape index (κ1) is 29.2. The number of allylic oxidation sites excluding steroid dienone is 4. The Morgan fingerprint density at radius 3 is 2.33 bits per heavy atom. The third-order valence-corrected chi connectivity index (χ3v) is 6.31. The number of carbonyl (C=O) groups is 4. The minimum absolute atomic E-state index is 0.141. The Kier molecular flexibility index (Phi) is 9.97. The molecule has 36 heavy (non-hydrogen) atoms. The number of likely N-dealkylation sites (tertiary alicyclic amines) is 1. The van der Waals surface area contributed by atoms with Crippen molar-refractivity contribution in [1.82, 2.24) is 15.1 Å². The standard InChI is InChI=1S/C17H23N3O8S.C2HF3O2/c21-15(22)10-20-14-2-1-12(9-13(14)16(23)17(20)24)18-11-28-29(25,26)8-5-19-3-6-27-7-4-19;3-2(4,5)1(6)7/h1-2,13,18H,3-11H2,(H,21,22);(H,6,7). The number of carboxylic acid groups (broad SMARTS) is 2. The van der Waals surface area contributed by atoms with E-state index in [-0.39, 0.29) is 18.9 Å². The summed E-state index contributed by atoms with van der Waals surface area (Å²) in [6, 6.07) is 0. The number of carboxylic acids is 2. The van der Waals surface area contributed by atoms with Crippen LogP contribution in [0.1, 0.15) is 6.42 Å². The summed E-state index contributed by atoms with van der Waals surface area (Å²) >= 11 is 0. The lowest BCUT2D eigenvalue weighted by Crippen LogP contribution is -2.39. The Morgan fingerprint density at radius 2 is 1.78 bits per heavy atom. The van der Waals surface area contributed by atoms with Crippen molar-refractivity contribution in [1.29, 1.82) is 0 Å². The largest absolute Gasteiger partial charge is 0.490 e. The molecule has 0 aromatic heterocycles. The van der Waals surface area contributed by atoms with Crippen LogP contribution in [0, 0.1) is 5.92 Å². The van der Waals surface area contributed by atoms with E-state index >= 15 is 0 Å². The van der Waals surface area contributed by atoms with Gasteiger partial charge in [0.15, 0.2) is 0 Å². The summed E-state index contributed by atoms with van der Waals surface area (Å²) in [5.74, 6) is -6.40. The second-order valence-electron chi connectivity index (χ2n) is 7.65. The maximum atomic E-state index is 12.1. The number of morpholine rings is 1. The lowest BCUT2D eigenvalue weighted by atomic mass is 9.93. The van der Waals surface area contributed by atoms with Gasteiger partial charge in [-0.1, -0.05) is 0 Å². The van der Waals surface area contributed by atoms with E-state index in [1.807, 2.05) is 4.90 Å². The molecule has 3 aliphatic rings. The molecule has 0 spiro atoms. The number of halogens is 3. The van der Waals surface area contributed by atoms with Gasteiger partial charge < -0.3 is 20.3 Å². The van der Waals surface area contributed by atoms with E-state index in [4.69, 9.17) is 23.9 Å². The summed E-state index contributed by atoms with van der Waals surface area (Å²) in [6.45, 7) is 2.02. The van der Waals surface area contributed by atoms with Gasteiger partial charge in [-0.3, -0.25) is 24.2 Å². The van der Waals surface area contributed by atoms with Crippen molar-refractivity contribution in [2.24, 2.45) is 5.92 Å². The zero-order chi connectivity index (χ0) is 27.1. The second-order valence-corrected chi connectivity index (χ2v) is 9.41. The fraction of sp³-hybridized carbons (Fsp3) is 0.579. The molecule has 3 N–H and O–H groups in total. The number of alkyl halides is 3. The van der Waals surface area contributed by atoms with E-state index in [0.717, 1.165) is 4.90 Å². The normalized spacial score (nSPS) is 20.6. The van der Waals surface area contributed by atoms with Crippen molar-refractivity contribution >= 4 is 33.7 Å². The summed E-state index contributed by atoms with van der Waals surface area (Å²) in [4.78, 5) is 46.8. The van der Waals surface area contributed by atoms with Crippen LogP contribution in [0.25, 0.3) is 0 Å². The van der Waals surface area contributed by atoms with Crippen LogP contribution in [0.15, 0.2) is 23.5 Å². The van der Waals surface area contributed by atoms with Crippen molar-refractivity contribution < 1.29 is 59.9 Å². The summed E-state index contributed by atoms with van der Waals surface area (Å²) in [5, 5.41) is 18.8. The number of ketones is 1. The van der Waals surface area contributed by atoms with Gasteiger partial charge in [-0.05, 0) is 12.2 Å². The Balaban J connectivity index is 0.000000572. The molecule has 2 aliphatic heterocycles. The van der Waals surface area contributed by atoms with Crippen LogP contribution in [0.3, 0.4) is 0 Å². The molecule has 1 amide bonds. The zero-order valence-electron chi connectivity index (χ0n) is 18.7. The first-order valence-electron chi connectivity index (χ1n) is 10.4. The molecule has 2 heterocycles. The minimum Gasteiger partial charge on any atom is -0.480 e. The number of amides is 1. The Hall–Kier alpha value is -3.02. The number of hydrogen-bond donors (Lipinski definition) is 3. The number of carbonyl (C=O) groups excluding carboxylic acids is 2. The van der Waals surface area contributed by atoms with E-state index in [1.54, 1.807) is 6.08 Å². The molecule has 3 rings (SSSR count). The quantitative estimate of drug-likeness (QED) is 0.186. The van der Waals surface area contributed by atoms with Gasteiger partial charge in [0.1, 0.15) is 13.3 Å². The summed E-state index contributed by atoms with van der Waals surface area (Å²) in [5.41, 5.74) is 0.868. The van der Waals surface area contributed by atoms with Crippen LogP contribution in [-0.4, -0.2) is 110 Å². The predicted molar refractivity (Wildman–Crippen MR) is 112 cm³/mol. The molecular formula is C19H24F3N3O10S. The zero-order valence-corrected chi connectivity index (χ0v) is 19.5. The van der Waals surface area contributed by atoms with Crippen LogP contribution in [0.5, 0.6) is 0 Å². The highest BCUT2D eigenvalue weighted by molar-refractivity contribution is 7.86. The van der Waals surface area contributed by atoms with Gasteiger partial charge in [0, 0.05) is 37.4 Å². The molecule has 13 nitrogen and oxygen atoms in total. The van der Waals surface area contributed by atoms with E-state index < -0.39 is 52.4 Å². The molecular weight excluding hydrogens is 519 g/mol. The number of Topliss-reactive ketones (excluding diaryl/α,β-unsaturated/α-hetero) is 1. The van der Waals surface area contributed by atoms with Gasteiger partial charge in [-0.15, -0.1) is 0 Å². The molecule has 1 aliphatic carbocycles. The second kappa shape index (κ2) is 12.3. The van der Waals surface area contributed by atoms with E-state index in [2.05, 4.69) is 5.32 Å². The molecule has 202 valence electrons. The topological polar surface area (TPSA) is 180 Å². The molecule has 0 bridgehead atoms. The van der Waals surface area contributed by atoms with E-state index in [9.17, 15) is 36.0 Å². The summed E-state index contributed by atoms with van der Waals surface area (Å²) in [6.07, 6.45) is -1.87. The molecule has 2 saturated heterocycles. The number of nitrogens with one attached hydrogen (secondary N) is 1. The SMILES string of the molecule is O=C(O)C(F)(F)F.O=C(O)CN1C(=O)C(=O)C2CC(NCOS(=O)(=O)CCN3CCOCC3)=CC=C21. The van der Waals surface area contributed by atoms with Gasteiger partial charge in [0.05, 0.1) is 24.9 Å². The van der Waals surface area contributed by atoms with Crippen molar-refractivity contribution in [2.75, 3.05) is 51.9 Å². The highest BCUT2D eigenvalue weighted by atomic mass is 32.2. The number of ether oxygens (including phenoxy) is 1. The Bertz CT molecular complexity index is 1040. The average molecular weight is 543 g/mol. The molecule has 0 saturated carbocycles. The van der Waals surface area contributed by atoms with Crippen molar-refractivity contribution in [3.63, 3.8) is 0 Å². The van der Waals surface area contributed by atoms with E-state index in [0.29, 0.717) is 44.2 Å². The fourth-order valence-corrected chi connectivity index (χ4v) is 4.20. The number of rotatable bonds is 9. The van der Waals surface area contributed by atoms with Gasteiger partial charge in [-0.2, -0.15) is 21.6 Å². The Labute approximate surface area is 203 Å². The van der Waals surface area contributed by atoms with Crippen LogP contribution in [0.2, 0.25) is 0 Å². The number of fused-ring (bicyclic) bond motifs is 1. The molecule has 2 fully saturated rings. The Morgan fingerprint density at radius 1 is 1.17 bits per heavy atom. The van der Waals surface area contributed by atoms with Gasteiger partial charge in [-0.25, -0.2) is 8.98 Å². The maximum Gasteiger partial charge on any atom is 0.490 e. The molecule has 17 heteroatoms. The van der Waals surface area contributed by atoms with Crippen LogP contribution in [-0.2, 0) is 38.2 Å². The van der Waals surface area contributed by atoms with Crippen molar-refractivity contribution in [3.8, 4) is 0 Å². The third kappa shape index (κ3) is 8.58. The molecule has 0 radical (unpaired) electrons. The van der Waals surface area contributed by atoms with Crippen LogP contribution >= 0.6 is 0 Å². The van der Waals surface area contributed by atoms with Crippen LogP contribution < -0.4 is 5.32 Å². The van der Waals surface area contributed by atoms with Gasteiger partial charge in [0.25, 0.3) is 16.0 Å². The monoisotopic (exact) mass is 543 g/mol. The minimum atomic E-state index is -5.08. The molecule has 0 aromatic rings. The molecule has 1 atom stereocenters. The maximum absolute atomic E-state index is 12.1. The fourth-order valence-electron chi connectivity index (χ4n) is 3.37. The lowest BCUT2D eigenvalue weighted by molar-refractivity contribution is -0.192. The third-order valence-electron chi connectivity index (χ3n) is 5.16. The number of nitrogens with zero attached hydrogens (tertiary/aromatic N) is 2. The average Bonchev–Trinajstić information content (AvgIpc) is 3.02. The lowest BCUT2D eigenvalue weighted by Gasteiger charge is -2.26. The smallest absolute Gasteiger partial charge is 0.480 e. The number of hydrogen-bond acceptors (Lipinski definition) is 10. The molecule has 0 aromatic carbocycles. The summed E-state index contributed by atoms with van der Waals surface area (Å²) < 4.78 is 66.0. The predicted octanol–water partition coefficient (Wildman–Crippen LogP) is -0.871.